The van der Waals surface area contributed by atoms with Crippen LogP contribution in [0.1, 0.15) is 46.5 Å². The number of rotatable bonds is 2. The highest BCUT2D eigenvalue weighted by Gasteiger charge is 2.52. The van der Waals surface area contributed by atoms with E-state index in [9.17, 15) is 15.0 Å². The normalized spacial score (nSPS) is 29.2. The van der Waals surface area contributed by atoms with Gasteiger partial charge in [-0.2, -0.15) is 0 Å². The van der Waals surface area contributed by atoms with Gasteiger partial charge in [-0.3, -0.25) is 0 Å². The molecule has 2 aliphatic rings. The Labute approximate surface area is 132 Å². The number of hydrogen-bond donors (Lipinski definition) is 3. The van der Waals surface area contributed by atoms with E-state index in [2.05, 4.69) is 5.32 Å². The maximum atomic E-state index is 12.1. The second kappa shape index (κ2) is 6.34. The van der Waals surface area contributed by atoms with E-state index in [-0.39, 0.29) is 12.7 Å². The average Bonchev–Trinajstić information content (AvgIpc) is 2.46. The largest absolute Gasteiger partial charge is 0.444 e. The van der Waals surface area contributed by atoms with Crippen molar-refractivity contribution in [3.05, 3.63) is 0 Å². The van der Waals surface area contributed by atoms with Gasteiger partial charge in [0.25, 0.3) is 0 Å². The molecule has 2 saturated heterocycles. The molecule has 2 fully saturated rings. The third kappa shape index (κ3) is 3.55. The van der Waals surface area contributed by atoms with Crippen molar-refractivity contribution in [1.29, 1.82) is 0 Å². The van der Waals surface area contributed by atoms with Crippen molar-refractivity contribution in [3.63, 3.8) is 0 Å². The fourth-order valence-electron chi connectivity index (χ4n) is 3.56. The summed E-state index contributed by atoms with van der Waals surface area (Å²) in [5.74, 6) is 0. The zero-order chi connectivity index (χ0) is 16.4. The number of nitrogens with one attached hydrogen (secondary N) is 1. The fourth-order valence-corrected chi connectivity index (χ4v) is 3.56. The first-order chi connectivity index (χ1) is 10.2. The van der Waals surface area contributed by atoms with Crippen LogP contribution in [-0.4, -0.2) is 65.2 Å². The first kappa shape index (κ1) is 17.5. The molecule has 0 spiro atoms. The van der Waals surface area contributed by atoms with Gasteiger partial charge in [0.05, 0.1) is 12.2 Å². The maximum Gasteiger partial charge on any atom is 0.410 e. The van der Waals surface area contributed by atoms with Gasteiger partial charge in [0.2, 0.25) is 0 Å². The number of amides is 1. The summed E-state index contributed by atoms with van der Waals surface area (Å²) in [7, 11) is 0. The summed E-state index contributed by atoms with van der Waals surface area (Å²) < 4.78 is 5.39. The van der Waals surface area contributed by atoms with Crippen LogP contribution in [0.25, 0.3) is 0 Å². The van der Waals surface area contributed by atoms with E-state index < -0.39 is 16.6 Å². The van der Waals surface area contributed by atoms with Crippen LogP contribution in [0.2, 0.25) is 0 Å². The Morgan fingerprint density at radius 1 is 1.27 bits per heavy atom. The van der Waals surface area contributed by atoms with E-state index in [1.54, 1.807) is 4.90 Å². The molecule has 1 amide bonds. The van der Waals surface area contributed by atoms with E-state index in [1.165, 1.54) is 0 Å². The Hall–Kier alpha value is -0.850. The van der Waals surface area contributed by atoms with E-state index >= 15 is 0 Å². The lowest BCUT2D eigenvalue weighted by Gasteiger charge is -2.52. The molecular weight excluding hydrogens is 284 g/mol. The molecule has 0 aromatic heterocycles. The van der Waals surface area contributed by atoms with E-state index in [0.29, 0.717) is 32.5 Å². The molecule has 1 atom stereocenters. The standard InChI is InChI=1S/C16H30N2O4/c1-14(2,3)22-13(20)18-9-6-16(21,7-10-18)15(12-19)5-4-8-17-11-15/h17,19,21H,4-12H2,1-3H3. The number of likely N-dealkylation sites (tertiary alicyclic amines) is 1. The monoisotopic (exact) mass is 314 g/mol. The Balaban J connectivity index is 1.99. The highest BCUT2D eigenvalue weighted by molar-refractivity contribution is 5.68. The predicted octanol–water partition coefficient (Wildman–Crippen LogP) is 1.11. The summed E-state index contributed by atoms with van der Waals surface area (Å²) >= 11 is 0. The number of aliphatic hydroxyl groups excluding tert-OH is 1. The molecule has 0 aromatic carbocycles. The average molecular weight is 314 g/mol. The third-order valence-electron chi connectivity index (χ3n) is 5.00. The van der Waals surface area contributed by atoms with Crippen LogP contribution in [0.15, 0.2) is 0 Å². The van der Waals surface area contributed by atoms with Crippen LogP contribution < -0.4 is 5.32 Å². The molecule has 6 heteroatoms. The van der Waals surface area contributed by atoms with Crippen molar-refractivity contribution in [1.82, 2.24) is 10.2 Å². The summed E-state index contributed by atoms with van der Waals surface area (Å²) in [4.78, 5) is 13.8. The fraction of sp³-hybridized carbons (Fsp3) is 0.938. The summed E-state index contributed by atoms with van der Waals surface area (Å²) in [5.41, 5.74) is -1.93. The second-order valence-corrected chi connectivity index (χ2v) is 7.72. The summed E-state index contributed by atoms with van der Waals surface area (Å²) in [6, 6.07) is 0. The molecule has 2 rings (SSSR count). The summed E-state index contributed by atoms with van der Waals surface area (Å²) in [5, 5.41) is 24.3. The van der Waals surface area contributed by atoms with Crippen LogP contribution in [-0.2, 0) is 4.74 Å². The van der Waals surface area contributed by atoms with Crippen molar-refractivity contribution >= 4 is 6.09 Å². The van der Waals surface area contributed by atoms with Gasteiger partial charge >= 0.3 is 6.09 Å². The van der Waals surface area contributed by atoms with Crippen molar-refractivity contribution in [2.75, 3.05) is 32.8 Å². The van der Waals surface area contributed by atoms with Gasteiger partial charge in [-0.05, 0) is 53.0 Å². The highest BCUT2D eigenvalue weighted by Crippen LogP contribution is 2.43. The van der Waals surface area contributed by atoms with Gasteiger partial charge in [-0.1, -0.05) is 0 Å². The van der Waals surface area contributed by atoms with Gasteiger partial charge in [-0.25, -0.2) is 4.79 Å². The van der Waals surface area contributed by atoms with Gasteiger partial charge < -0.3 is 25.2 Å². The zero-order valence-corrected chi connectivity index (χ0v) is 14.0. The molecular formula is C16H30N2O4. The van der Waals surface area contributed by atoms with Gasteiger partial charge in [-0.15, -0.1) is 0 Å². The molecule has 6 nitrogen and oxygen atoms in total. The molecule has 128 valence electrons. The second-order valence-electron chi connectivity index (χ2n) is 7.72. The molecule has 0 radical (unpaired) electrons. The first-order valence-electron chi connectivity index (χ1n) is 8.23. The molecule has 0 aromatic rings. The molecule has 0 bridgehead atoms. The zero-order valence-electron chi connectivity index (χ0n) is 14.0. The number of nitrogens with zero attached hydrogens (tertiary/aromatic N) is 1. The van der Waals surface area contributed by atoms with Gasteiger partial charge in [0, 0.05) is 25.0 Å². The topological polar surface area (TPSA) is 82.0 Å². The minimum atomic E-state index is -0.923. The minimum Gasteiger partial charge on any atom is -0.444 e. The lowest BCUT2D eigenvalue weighted by atomic mass is 9.64. The number of ether oxygens (including phenoxy) is 1. The molecule has 1 unspecified atom stereocenters. The minimum absolute atomic E-state index is 0.0249. The number of piperidine rings is 2. The summed E-state index contributed by atoms with van der Waals surface area (Å²) in [6.45, 7) is 8.01. The number of hydrogen-bond acceptors (Lipinski definition) is 5. The molecule has 3 N–H and O–H groups in total. The van der Waals surface area contributed by atoms with Crippen LogP contribution >= 0.6 is 0 Å². The predicted molar refractivity (Wildman–Crippen MR) is 83.6 cm³/mol. The van der Waals surface area contributed by atoms with Crippen molar-refractivity contribution in [2.24, 2.45) is 5.41 Å². The van der Waals surface area contributed by atoms with Gasteiger partial charge in [0.15, 0.2) is 0 Å². The molecule has 2 aliphatic heterocycles. The van der Waals surface area contributed by atoms with Crippen LogP contribution in [0.5, 0.6) is 0 Å². The van der Waals surface area contributed by atoms with Crippen molar-refractivity contribution < 1.29 is 19.7 Å². The van der Waals surface area contributed by atoms with Crippen molar-refractivity contribution in [3.8, 4) is 0 Å². The third-order valence-corrected chi connectivity index (χ3v) is 5.00. The maximum absolute atomic E-state index is 12.1. The smallest absolute Gasteiger partial charge is 0.410 e. The van der Waals surface area contributed by atoms with E-state index in [0.717, 1.165) is 19.4 Å². The Morgan fingerprint density at radius 3 is 2.36 bits per heavy atom. The molecule has 0 aliphatic carbocycles. The first-order valence-corrected chi connectivity index (χ1v) is 8.23. The van der Waals surface area contributed by atoms with E-state index in [4.69, 9.17) is 4.74 Å². The van der Waals surface area contributed by atoms with Crippen LogP contribution in [0, 0.1) is 5.41 Å². The van der Waals surface area contributed by atoms with E-state index in [1.807, 2.05) is 20.8 Å². The Bertz CT molecular complexity index is 391. The SMILES string of the molecule is CC(C)(C)OC(=O)N1CCC(O)(C2(CO)CCCNC2)CC1. The number of carbonyl (C=O) groups excluding carboxylic acids is 1. The Kier molecular flexibility index (Phi) is 5.04. The lowest BCUT2D eigenvalue weighted by Crippen LogP contribution is -2.62. The van der Waals surface area contributed by atoms with Crippen molar-refractivity contribution in [2.45, 2.75) is 57.7 Å². The van der Waals surface area contributed by atoms with Crippen LogP contribution in [0.4, 0.5) is 4.79 Å². The van der Waals surface area contributed by atoms with Crippen LogP contribution in [0.3, 0.4) is 0 Å². The Morgan fingerprint density at radius 2 is 1.91 bits per heavy atom. The lowest BCUT2D eigenvalue weighted by molar-refractivity contribution is -0.146. The quantitative estimate of drug-likeness (QED) is 0.711. The summed E-state index contributed by atoms with van der Waals surface area (Å²) in [6.07, 6.45) is 2.41. The van der Waals surface area contributed by atoms with Gasteiger partial charge in [0.1, 0.15) is 5.60 Å². The highest BCUT2D eigenvalue weighted by atomic mass is 16.6. The number of carbonyl (C=O) groups is 1. The molecule has 0 saturated carbocycles. The number of aliphatic hydroxyl groups is 2. The molecule has 22 heavy (non-hydrogen) atoms. The molecule has 2 heterocycles.